The summed E-state index contributed by atoms with van der Waals surface area (Å²) in [7, 11) is 0. The van der Waals surface area contributed by atoms with Crippen molar-refractivity contribution in [3.63, 3.8) is 0 Å². The third-order valence-electron chi connectivity index (χ3n) is 5.66. The fraction of sp³-hybridized carbons (Fsp3) is 0.625. The number of hydrogen-bond acceptors (Lipinski definition) is 3. The Hall–Kier alpha value is -1.42. The normalized spacial score (nSPS) is 36.9. The van der Waals surface area contributed by atoms with Crippen LogP contribution in [0.1, 0.15) is 44.2 Å². The zero-order valence-corrected chi connectivity index (χ0v) is 12.2. The first-order valence-electron chi connectivity index (χ1n) is 7.25. The van der Waals surface area contributed by atoms with Gasteiger partial charge in [-0.25, -0.2) is 0 Å². The maximum absolute atomic E-state index is 10.6. The lowest BCUT2D eigenvalue weighted by atomic mass is 9.62. The van der Waals surface area contributed by atoms with Crippen molar-refractivity contribution in [1.82, 2.24) is 4.57 Å². The molecule has 4 nitrogen and oxygen atoms in total. The molecule has 1 aliphatic heterocycles. The Kier molecular flexibility index (Phi) is 2.00. The van der Waals surface area contributed by atoms with Crippen LogP contribution in [0.3, 0.4) is 0 Å². The van der Waals surface area contributed by atoms with Crippen molar-refractivity contribution < 1.29 is 14.9 Å². The molecule has 4 atom stereocenters. The van der Waals surface area contributed by atoms with E-state index in [1.54, 1.807) is 10.6 Å². The van der Waals surface area contributed by atoms with Gasteiger partial charge in [-0.15, -0.1) is 6.58 Å². The van der Waals surface area contributed by atoms with Crippen LogP contribution in [0.5, 0.6) is 11.8 Å². The Balaban J connectivity index is 2.00. The van der Waals surface area contributed by atoms with Crippen molar-refractivity contribution in [2.75, 3.05) is 0 Å². The monoisotopic (exact) mass is 275 g/mol. The second-order valence-electron chi connectivity index (χ2n) is 7.39. The van der Waals surface area contributed by atoms with E-state index >= 15 is 0 Å². The molecule has 2 aliphatic carbocycles. The van der Waals surface area contributed by atoms with Crippen molar-refractivity contribution in [3.05, 3.63) is 23.8 Å². The molecule has 4 heteroatoms. The van der Waals surface area contributed by atoms with E-state index in [0.29, 0.717) is 6.54 Å². The highest BCUT2D eigenvalue weighted by Gasteiger charge is 2.75. The van der Waals surface area contributed by atoms with Crippen LogP contribution in [0.15, 0.2) is 12.7 Å². The molecule has 4 rings (SSSR count). The Morgan fingerprint density at radius 3 is 2.70 bits per heavy atom. The van der Waals surface area contributed by atoms with Gasteiger partial charge in [0.05, 0.1) is 12.2 Å². The number of aromatic nitrogens is 1. The average Bonchev–Trinajstić information content (AvgIpc) is 2.93. The number of hydrogen-bond donors (Lipinski definition) is 2. The number of ether oxygens (including phenoxy) is 1. The summed E-state index contributed by atoms with van der Waals surface area (Å²) in [4.78, 5) is 0. The van der Waals surface area contributed by atoms with Crippen LogP contribution in [0.4, 0.5) is 0 Å². The highest BCUT2D eigenvalue weighted by molar-refractivity contribution is 5.62. The summed E-state index contributed by atoms with van der Waals surface area (Å²) in [6, 6.07) is 0. The Bertz CT molecular complexity index is 625. The van der Waals surface area contributed by atoms with Crippen LogP contribution in [-0.4, -0.2) is 27.0 Å². The van der Waals surface area contributed by atoms with Gasteiger partial charge in [-0.1, -0.05) is 26.8 Å². The molecule has 2 bridgehead atoms. The number of epoxide rings is 1. The van der Waals surface area contributed by atoms with Crippen LogP contribution < -0.4 is 0 Å². The van der Waals surface area contributed by atoms with Gasteiger partial charge in [-0.3, -0.25) is 4.57 Å². The van der Waals surface area contributed by atoms with E-state index in [-0.39, 0.29) is 40.7 Å². The van der Waals surface area contributed by atoms with Gasteiger partial charge in [-0.2, -0.15) is 0 Å². The summed E-state index contributed by atoms with van der Waals surface area (Å²) in [6.45, 7) is 10.7. The predicted molar refractivity (Wildman–Crippen MR) is 75.1 cm³/mol. The molecule has 1 aromatic heterocycles. The molecule has 108 valence electrons. The first kappa shape index (κ1) is 12.3. The number of fused-ring (bicyclic) bond motifs is 8. The quantitative estimate of drug-likeness (QED) is 0.644. The molecule has 2 heterocycles. The van der Waals surface area contributed by atoms with Crippen molar-refractivity contribution >= 4 is 0 Å². The second kappa shape index (κ2) is 3.25. The summed E-state index contributed by atoms with van der Waals surface area (Å²) < 4.78 is 7.43. The van der Waals surface area contributed by atoms with Gasteiger partial charge in [0.15, 0.2) is 11.8 Å². The molecule has 20 heavy (non-hydrogen) atoms. The molecule has 1 aromatic rings. The van der Waals surface area contributed by atoms with Gasteiger partial charge in [0.2, 0.25) is 0 Å². The number of aromatic hydroxyl groups is 2. The molecule has 2 N–H and O–H groups in total. The van der Waals surface area contributed by atoms with E-state index in [1.807, 2.05) is 0 Å². The molecule has 0 amide bonds. The van der Waals surface area contributed by atoms with Gasteiger partial charge >= 0.3 is 0 Å². The van der Waals surface area contributed by atoms with Crippen LogP contribution in [0, 0.1) is 5.41 Å². The van der Waals surface area contributed by atoms with E-state index in [4.69, 9.17) is 4.74 Å². The summed E-state index contributed by atoms with van der Waals surface area (Å²) >= 11 is 0. The van der Waals surface area contributed by atoms with E-state index < -0.39 is 0 Å². The van der Waals surface area contributed by atoms with E-state index in [0.717, 1.165) is 17.5 Å². The summed E-state index contributed by atoms with van der Waals surface area (Å²) in [6.07, 6.45) is 3.10. The molecule has 2 fully saturated rings. The number of rotatable bonds is 2. The lowest BCUT2D eigenvalue weighted by Gasteiger charge is -2.40. The third-order valence-corrected chi connectivity index (χ3v) is 5.66. The molecule has 3 aliphatic rings. The zero-order chi connectivity index (χ0) is 14.4. The molecule has 0 radical (unpaired) electrons. The van der Waals surface area contributed by atoms with E-state index in [9.17, 15) is 10.2 Å². The summed E-state index contributed by atoms with van der Waals surface area (Å²) in [5, 5.41) is 21.1. The fourth-order valence-corrected chi connectivity index (χ4v) is 4.73. The maximum Gasteiger partial charge on any atom is 0.198 e. The lowest BCUT2D eigenvalue weighted by molar-refractivity contribution is 0.118. The largest absolute Gasteiger partial charge is 0.494 e. The highest BCUT2D eigenvalue weighted by atomic mass is 16.6. The molecule has 0 aromatic carbocycles. The van der Waals surface area contributed by atoms with Crippen molar-refractivity contribution in [2.45, 2.75) is 57.3 Å². The Morgan fingerprint density at radius 2 is 2.10 bits per heavy atom. The van der Waals surface area contributed by atoms with Crippen molar-refractivity contribution in [2.24, 2.45) is 5.41 Å². The molecule has 4 unspecified atom stereocenters. The molecule has 0 spiro atoms. The summed E-state index contributed by atoms with van der Waals surface area (Å²) in [5.74, 6) is 0.623. The Morgan fingerprint density at radius 1 is 1.40 bits per heavy atom. The van der Waals surface area contributed by atoms with Gasteiger partial charge in [-0.05, 0) is 11.8 Å². The van der Waals surface area contributed by atoms with Crippen LogP contribution in [-0.2, 0) is 16.7 Å². The molecule has 1 saturated heterocycles. The van der Waals surface area contributed by atoms with Gasteiger partial charge in [0.25, 0.3) is 0 Å². The van der Waals surface area contributed by atoms with Crippen LogP contribution in [0.25, 0.3) is 0 Å². The molecular weight excluding hydrogens is 254 g/mol. The van der Waals surface area contributed by atoms with Crippen LogP contribution in [0.2, 0.25) is 0 Å². The van der Waals surface area contributed by atoms with Crippen molar-refractivity contribution in [1.29, 1.82) is 0 Å². The first-order chi connectivity index (χ1) is 9.34. The number of allylic oxidation sites excluding steroid dienone is 1. The summed E-state index contributed by atoms with van der Waals surface area (Å²) in [5.41, 5.74) is 1.65. The van der Waals surface area contributed by atoms with E-state index in [2.05, 4.69) is 27.4 Å². The van der Waals surface area contributed by atoms with E-state index in [1.165, 1.54) is 0 Å². The topological polar surface area (TPSA) is 57.9 Å². The fourth-order valence-electron chi connectivity index (χ4n) is 4.73. The van der Waals surface area contributed by atoms with Gasteiger partial charge < -0.3 is 14.9 Å². The zero-order valence-electron chi connectivity index (χ0n) is 12.2. The first-order valence-corrected chi connectivity index (χ1v) is 7.25. The minimum atomic E-state index is -0.175. The van der Waals surface area contributed by atoms with Crippen LogP contribution >= 0.6 is 0 Å². The average molecular weight is 275 g/mol. The highest BCUT2D eigenvalue weighted by Crippen LogP contribution is 2.74. The van der Waals surface area contributed by atoms with Crippen molar-refractivity contribution in [3.8, 4) is 11.8 Å². The van der Waals surface area contributed by atoms with Gasteiger partial charge in [0, 0.05) is 29.0 Å². The second-order valence-corrected chi connectivity index (χ2v) is 7.39. The SMILES string of the molecule is C=CCn1c(O)c2c(c1O)C1(C(C)(C)C)CC2C2OC21. The Labute approximate surface area is 118 Å². The predicted octanol–water partition coefficient (Wildman–Crippen LogP) is 2.64. The number of nitrogens with zero attached hydrogens (tertiary/aromatic N) is 1. The standard InChI is InChI=1S/C16H21NO3/c1-5-6-17-13(18)9-8-7-16(15(2,3)4,10(9)14(17)19)12-11(8)20-12/h5,8,11-12,18-19H,1,6-7H2,2-4H3. The smallest absolute Gasteiger partial charge is 0.198 e. The minimum Gasteiger partial charge on any atom is -0.494 e. The maximum atomic E-state index is 10.6. The lowest BCUT2D eigenvalue weighted by Crippen LogP contribution is -2.42. The minimum absolute atomic E-state index is 0.0172. The third kappa shape index (κ3) is 1.06. The molecule has 1 saturated carbocycles. The van der Waals surface area contributed by atoms with Gasteiger partial charge in [0.1, 0.15) is 0 Å². The molecular formula is C16H21NO3.